The van der Waals surface area contributed by atoms with Crippen molar-refractivity contribution >= 4 is 17.5 Å². The number of anilines is 1. The molecular weight excluding hydrogens is 320 g/mol. The smallest absolute Gasteiger partial charge is 0.227 e. The second kappa shape index (κ2) is 7.38. The average molecular weight is 342 g/mol. The number of carbonyl (C=O) groups is 2. The highest BCUT2D eigenvalue weighted by Gasteiger charge is 2.35. The van der Waals surface area contributed by atoms with E-state index >= 15 is 0 Å². The van der Waals surface area contributed by atoms with Crippen molar-refractivity contribution in [3.8, 4) is 5.75 Å². The number of hydrogen-bond donors (Lipinski definition) is 1. The van der Waals surface area contributed by atoms with Gasteiger partial charge in [-0.1, -0.05) is 6.07 Å². The fourth-order valence-electron chi connectivity index (χ4n) is 3.03. The van der Waals surface area contributed by atoms with Gasteiger partial charge in [0.15, 0.2) is 0 Å². The minimum atomic E-state index is -0.344. The highest BCUT2D eigenvalue weighted by molar-refractivity contribution is 6.00. The summed E-state index contributed by atoms with van der Waals surface area (Å²) >= 11 is 0. The van der Waals surface area contributed by atoms with Gasteiger partial charge < -0.3 is 19.5 Å². The number of methoxy groups -OCH3 is 1. The first-order valence-corrected chi connectivity index (χ1v) is 8.27. The number of hydrogen-bond acceptors (Lipinski definition) is 4. The summed E-state index contributed by atoms with van der Waals surface area (Å²) in [5.74, 6) is 0.207. The summed E-state index contributed by atoms with van der Waals surface area (Å²) in [5, 5.41) is 2.98. The molecule has 25 heavy (non-hydrogen) atoms. The van der Waals surface area contributed by atoms with Crippen LogP contribution in [0, 0.1) is 5.92 Å². The molecule has 1 N–H and O–H groups in total. The van der Waals surface area contributed by atoms with Crippen molar-refractivity contribution in [3.63, 3.8) is 0 Å². The number of imidazole rings is 1. The number of carbonyl (C=O) groups excluding carboxylic acids is 2. The molecule has 1 saturated heterocycles. The van der Waals surface area contributed by atoms with Crippen LogP contribution in [0.1, 0.15) is 13.3 Å². The Morgan fingerprint density at radius 2 is 2.32 bits per heavy atom. The molecule has 1 aromatic carbocycles. The lowest BCUT2D eigenvalue weighted by Gasteiger charge is -2.19. The van der Waals surface area contributed by atoms with Gasteiger partial charge in [0.2, 0.25) is 11.8 Å². The molecule has 3 rings (SSSR count). The normalized spacial score (nSPS) is 18.2. The second-order valence-electron chi connectivity index (χ2n) is 6.28. The van der Waals surface area contributed by atoms with Gasteiger partial charge in [0.05, 0.1) is 19.4 Å². The molecule has 0 aliphatic carbocycles. The summed E-state index contributed by atoms with van der Waals surface area (Å²) in [6, 6.07) is 7.28. The zero-order valence-corrected chi connectivity index (χ0v) is 14.4. The Kier molecular flexibility index (Phi) is 5.02. The molecule has 7 nitrogen and oxygen atoms in total. The minimum Gasteiger partial charge on any atom is -0.497 e. The first-order chi connectivity index (χ1) is 12.1. The Bertz CT molecular complexity index is 745. The molecule has 1 aliphatic heterocycles. The van der Waals surface area contributed by atoms with E-state index in [4.69, 9.17) is 4.74 Å². The topological polar surface area (TPSA) is 76.5 Å². The van der Waals surface area contributed by atoms with Crippen LogP contribution in [0.15, 0.2) is 43.0 Å². The number of aromatic nitrogens is 2. The summed E-state index contributed by atoms with van der Waals surface area (Å²) in [4.78, 5) is 30.4. The van der Waals surface area contributed by atoms with Crippen molar-refractivity contribution in [1.29, 1.82) is 0 Å². The number of ether oxygens (including phenoxy) is 1. The van der Waals surface area contributed by atoms with Gasteiger partial charge in [-0.25, -0.2) is 4.98 Å². The van der Waals surface area contributed by atoms with Crippen LogP contribution in [-0.4, -0.2) is 41.1 Å². The number of benzene rings is 1. The standard InChI is InChI=1S/C18H22N4O3/c1-13(10-21-7-6-19-12-21)20-18(24)14-8-17(23)22(11-14)15-4-3-5-16(9-15)25-2/h3-7,9,12-14H,8,10-11H2,1-2H3,(H,20,24). The van der Waals surface area contributed by atoms with E-state index in [1.54, 1.807) is 30.6 Å². The van der Waals surface area contributed by atoms with Crippen LogP contribution in [0.3, 0.4) is 0 Å². The molecule has 2 heterocycles. The SMILES string of the molecule is COc1cccc(N2CC(C(=O)NC(C)Cn3ccnc3)CC2=O)c1. The van der Waals surface area contributed by atoms with Gasteiger partial charge in [-0.2, -0.15) is 0 Å². The maximum Gasteiger partial charge on any atom is 0.227 e. The fraction of sp³-hybridized carbons (Fsp3) is 0.389. The van der Waals surface area contributed by atoms with Gasteiger partial charge in [-0.05, 0) is 19.1 Å². The first kappa shape index (κ1) is 17.0. The Morgan fingerprint density at radius 1 is 1.48 bits per heavy atom. The number of nitrogens with zero attached hydrogens (tertiary/aromatic N) is 3. The van der Waals surface area contributed by atoms with E-state index in [-0.39, 0.29) is 30.2 Å². The van der Waals surface area contributed by atoms with Crippen LogP contribution in [-0.2, 0) is 16.1 Å². The first-order valence-electron chi connectivity index (χ1n) is 8.27. The van der Waals surface area contributed by atoms with E-state index in [0.717, 1.165) is 5.69 Å². The van der Waals surface area contributed by atoms with E-state index in [2.05, 4.69) is 10.3 Å². The molecule has 0 saturated carbocycles. The molecular formula is C18H22N4O3. The molecule has 0 bridgehead atoms. The zero-order chi connectivity index (χ0) is 17.8. The van der Waals surface area contributed by atoms with Gasteiger partial charge in [-0.15, -0.1) is 0 Å². The van der Waals surface area contributed by atoms with Gasteiger partial charge in [0.1, 0.15) is 5.75 Å². The maximum absolute atomic E-state index is 12.5. The van der Waals surface area contributed by atoms with E-state index in [0.29, 0.717) is 18.8 Å². The molecule has 0 spiro atoms. The molecule has 2 amide bonds. The number of rotatable bonds is 6. The van der Waals surface area contributed by atoms with Crippen molar-refractivity contribution in [2.24, 2.45) is 5.92 Å². The molecule has 1 aliphatic rings. The Labute approximate surface area is 146 Å². The van der Waals surface area contributed by atoms with Crippen molar-refractivity contribution in [2.75, 3.05) is 18.6 Å². The highest BCUT2D eigenvalue weighted by Crippen LogP contribution is 2.28. The van der Waals surface area contributed by atoms with Crippen LogP contribution < -0.4 is 15.0 Å². The van der Waals surface area contributed by atoms with Gasteiger partial charge in [0, 0.05) is 49.7 Å². The van der Waals surface area contributed by atoms with Crippen molar-refractivity contribution in [1.82, 2.24) is 14.9 Å². The Hall–Kier alpha value is -2.83. The molecule has 1 fully saturated rings. The monoisotopic (exact) mass is 342 g/mol. The van der Waals surface area contributed by atoms with Crippen LogP contribution in [0.25, 0.3) is 0 Å². The lowest BCUT2D eigenvalue weighted by Crippen LogP contribution is -2.40. The van der Waals surface area contributed by atoms with Crippen LogP contribution >= 0.6 is 0 Å². The molecule has 0 radical (unpaired) electrons. The zero-order valence-electron chi connectivity index (χ0n) is 14.4. The summed E-state index contributed by atoms with van der Waals surface area (Å²) in [5.41, 5.74) is 0.756. The summed E-state index contributed by atoms with van der Waals surface area (Å²) in [6.45, 7) is 2.97. The molecule has 7 heteroatoms. The molecule has 132 valence electrons. The second-order valence-corrected chi connectivity index (χ2v) is 6.28. The van der Waals surface area contributed by atoms with Gasteiger partial charge in [0.25, 0.3) is 0 Å². The third kappa shape index (κ3) is 3.99. The van der Waals surface area contributed by atoms with Gasteiger partial charge >= 0.3 is 0 Å². The summed E-state index contributed by atoms with van der Waals surface area (Å²) in [6.07, 6.45) is 5.50. The Balaban J connectivity index is 1.60. The lowest BCUT2D eigenvalue weighted by molar-refractivity contribution is -0.126. The van der Waals surface area contributed by atoms with E-state index in [9.17, 15) is 9.59 Å². The van der Waals surface area contributed by atoms with E-state index in [1.807, 2.05) is 35.9 Å². The molecule has 2 atom stereocenters. The minimum absolute atomic E-state index is 0.0392. The van der Waals surface area contributed by atoms with E-state index in [1.165, 1.54) is 0 Å². The Morgan fingerprint density at radius 3 is 3.04 bits per heavy atom. The fourth-order valence-corrected chi connectivity index (χ4v) is 3.03. The van der Waals surface area contributed by atoms with Crippen molar-refractivity contribution < 1.29 is 14.3 Å². The van der Waals surface area contributed by atoms with Gasteiger partial charge in [-0.3, -0.25) is 9.59 Å². The number of nitrogens with one attached hydrogen (secondary N) is 1. The third-order valence-electron chi connectivity index (χ3n) is 4.29. The van der Waals surface area contributed by atoms with E-state index < -0.39 is 0 Å². The molecule has 2 unspecified atom stereocenters. The van der Waals surface area contributed by atoms with Crippen LogP contribution in [0.4, 0.5) is 5.69 Å². The van der Waals surface area contributed by atoms with Crippen molar-refractivity contribution in [2.45, 2.75) is 25.9 Å². The quantitative estimate of drug-likeness (QED) is 0.862. The van der Waals surface area contributed by atoms with Crippen molar-refractivity contribution in [3.05, 3.63) is 43.0 Å². The summed E-state index contributed by atoms with van der Waals surface area (Å²) in [7, 11) is 1.59. The lowest BCUT2D eigenvalue weighted by atomic mass is 10.1. The average Bonchev–Trinajstić information content (AvgIpc) is 3.24. The van der Waals surface area contributed by atoms with Crippen LogP contribution in [0.2, 0.25) is 0 Å². The predicted molar refractivity (Wildman–Crippen MR) is 93.3 cm³/mol. The predicted octanol–water partition coefficient (Wildman–Crippen LogP) is 1.45. The molecule has 1 aromatic heterocycles. The largest absolute Gasteiger partial charge is 0.497 e. The summed E-state index contributed by atoms with van der Waals surface area (Å²) < 4.78 is 7.11. The third-order valence-corrected chi connectivity index (χ3v) is 4.29. The molecule has 2 aromatic rings. The highest BCUT2D eigenvalue weighted by atomic mass is 16.5. The maximum atomic E-state index is 12.5. The number of amides is 2. The van der Waals surface area contributed by atoms with Crippen LogP contribution in [0.5, 0.6) is 5.75 Å².